The number of alkyl halides is 2. The van der Waals surface area contributed by atoms with Gasteiger partial charge in [0.2, 0.25) is 5.91 Å². The van der Waals surface area contributed by atoms with Crippen LogP contribution in [-0.4, -0.2) is 10.3 Å². The number of benzene rings is 1. The number of carbonyl (C=O) groups excluding carboxylic acids is 1. The molecule has 0 atom stereocenters. The number of halogens is 3. The zero-order chi connectivity index (χ0) is 11.8. The summed E-state index contributed by atoms with van der Waals surface area (Å²) >= 11 is 7.95. The van der Waals surface area contributed by atoms with E-state index in [-0.39, 0.29) is 5.91 Å². The Kier molecular flexibility index (Phi) is 3.39. The Morgan fingerprint density at radius 1 is 1.56 bits per heavy atom. The zero-order valence-corrected chi connectivity index (χ0v) is 11.3. The molecule has 1 saturated carbocycles. The normalized spacial score (nSPS) is 16.9. The number of carbonyl (C=O) groups is 1. The molecular weight excluding hydrogens is 343 g/mol. The van der Waals surface area contributed by atoms with Crippen molar-refractivity contribution in [3.63, 3.8) is 0 Å². The van der Waals surface area contributed by atoms with E-state index in [4.69, 9.17) is 11.6 Å². The van der Waals surface area contributed by atoms with Crippen molar-refractivity contribution in [1.29, 1.82) is 0 Å². The van der Waals surface area contributed by atoms with E-state index in [1.807, 2.05) is 22.6 Å². The summed E-state index contributed by atoms with van der Waals surface area (Å²) in [6.45, 7) is 0. The molecule has 1 N–H and O–H groups in total. The van der Waals surface area contributed by atoms with Crippen LogP contribution < -0.4 is 5.32 Å². The van der Waals surface area contributed by atoms with Crippen molar-refractivity contribution in [3.8, 4) is 0 Å². The summed E-state index contributed by atoms with van der Waals surface area (Å²) in [5, 5.41) is 3.05. The second-order valence-electron chi connectivity index (χ2n) is 3.84. The Hall–Kier alpha value is -0.360. The van der Waals surface area contributed by atoms with Crippen molar-refractivity contribution >= 4 is 45.8 Å². The van der Waals surface area contributed by atoms with Crippen LogP contribution in [0.2, 0.25) is 5.02 Å². The molecule has 0 aromatic heterocycles. The first-order chi connectivity index (χ1) is 7.55. The van der Waals surface area contributed by atoms with Gasteiger partial charge in [0, 0.05) is 0 Å². The fourth-order valence-corrected chi connectivity index (χ4v) is 1.90. The smallest absolute Gasteiger partial charge is 0.234 e. The standard InChI is InChI=1S/C11H10ClFINO/c12-8-5-7(11(13)3-4-11)1-2-9(8)15-10(16)6-14/h1-2,5H,3-4,6H2,(H,15,16). The predicted molar refractivity (Wildman–Crippen MR) is 71.0 cm³/mol. The van der Waals surface area contributed by atoms with Crippen molar-refractivity contribution in [1.82, 2.24) is 0 Å². The average Bonchev–Trinajstić information content (AvgIpc) is 3.00. The number of amides is 1. The Morgan fingerprint density at radius 2 is 2.25 bits per heavy atom. The van der Waals surface area contributed by atoms with Crippen molar-refractivity contribution in [2.75, 3.05) is 9.74 Å². The molecule has 5 heteroatoms. The first-order valence-corrected chi connectivity index (χ1v) is 6.80. The van der Waals surface area contributed by atoms with Crippen molar-refractivity contribution in [2.45, 2.75) is 18.5 Å². The van der Waals surface area contributed by atoms with Crippen LogP contribution >= 0.6 is 34.2 Å². The Bertz CT molecular complexity index is 434. The van der Waals surface area contributed by atoms with Crippen molar-refractivity contribution < 1.29 is 9.18 Å². The van der Waals surface area contributed by atoms with E-state index in [0.717, 1.165) is 0 Å². The van der Waals surface area contributed by atoms with Crippen LogP contribution in [0.4, 0.5) is 10.1 Å². The largest absolute Gasteiger partial charge is 0.324 e. The minimum Gasteiger partial charge on any atom is -0.324 e. The van der Waals surface area contributed by atoms with Gasteiger partial charge in [0.15, 0.2) is 0 Å². The molecule has 0 unspecified atom stereocenters. The molecule has 0 heterocycles. The monoisotopic (exact) mass is 353 g/mol. The molecule has 1 amide bonds. The summed E-state index contributed by atoms with van der Waals surface area (Å²) in [6.07, 6.45) is 1.12. The third kappa shape index (κ3) is 2.48. The molecule has 1 aliphatic rings. The molecule has 1 aromatic rings. The van der Waals surface area contributed by atoms with Crippen LogP contribution in [0.5, 0.6) is 0 Å². The maximum atomic E-state index is 13.7. The van der Waals surface area contributed by atoms with Gasteiger partial charge in [-0.05, 0) is 30.5 Å². The topological polar surface area (TPSA) is 29.1 Å². The van der Waals surface area contributed by atoms with E-state index in [1.54, 1.807) is 18.2 Å². The minimum absolute atomic E-state index is 0.114. The van der Waals surface area contributed by atoms with Gasteiger partial charge in [0.1, 0.15) is 5.67 Å². The van der Waals surface area contributed by atoms with E-state index >= 15 is 0 Å². The fourth-order valence-electron chi connectivity index (χ4n) is 1.48. The quantitative estimate of drug-likeness (QED) is 0.652. The van der Waals surface area contributed by atoms with Crippen LogP contribution in [0.15, 0.2) is 18.2 Å². The Morgan fingerprint density at radius 3 is 2.75 bits per heavy atom. The molecule has 0 saturated heterocycles. The molecule has 1 aromatic carbocycles. The van der Waals surface area contributed by atoms with E-state index < -0.39 is 5.67 Å². The highest BCUT2D eigenvalue weighted by Gasteiger charge is 2.45. The van der Waals surface area contributed by atoms with Crippen LogP contribution in [0.1, 0.15) is 18.4 Å². The van der Waals surface area contributed by atoms with Gasteiger partial charge < -0.3 is 5.32 Å². The van der Waals surface area contributed by atoms with Gasteiger partial charge >= 0.3 is 0 Å². The lowest BCUT2D eigenvalue weighted by atomic mass is 10.1. The van der Waals surface area contributed by atoms with Gasteiger partial charge in [-0.1, -0.05) is 40.3 Å². The number of nitrogens with one attached hydrogen (secondary N) is 1. The molecule has 0 bridgehead atoms. The molecule has 1 aliphatic carbocycles. The SMILES string of the molecule is O=C(CI)Nc1ccc(C2(F)CC2)cc1Cl. The van der Waals surface area contributed by atoms with Gasteiger partial charge in [-0.15, -0.1) is 0 Å². The molecule has 86 valence electrons. The molecule has 0 spiro atoms. The lowest BCUT2D eigenvalue weighted by molar-refractivity contribution is -0.113. The highest BCUT2D eigenvalue weighted by Crippen LogP contribution is 2.50. The number of hydrogen-bond donors (Lipinski definition) is 1. The van der Waals surface area contributed by atoms with E-state index in [1.165, 1.54) is 0 Å². The third-order valence-corrected chi connectivity index (χ3v) is 3.58. The lowest BCUT2D eigenvalue weighted by Crippen LogP contribution is -2.12. The van der Waals surface area contributed by atoms with Gasteiger partial charge in [0.05, 0.1) is 15.1 Å². The second kappa shape index (κ2) is 4.49. The van der Waals surface area contributed by atoms with Gasteiger partial charge in [-0.3, -0.25) is 4.79 Å². The molecule has 1 fully saturated rings. The molecule has 0 aliphatic heterocycles. The molecule has 2 rings (SSSR count). The van der Waals surface area contributed by atoms with Crippen LogP contribution in [0, 0.1) is 0 Å². The van der Waals surface area contributed by atoms with Crippen LogP contribution in [0.25, 0.3) is 0 Å². The van der Waals surface area contributed by atoms with E-state index in [0.29, 0.717) is 33.5 Å². The van der Waals surface area contributed by atoms with Crippen LogP contribution in [0.3, 0.4) is 0 Å². The average molecular weight is 354 g/mol. The molecule has 2 nitrogen and oxygen atoms in total. The Labute approximate surface area is 112 Å². The highest BCUT2D eigenvalue weighted by atomic mass is 127. The summed E-state index contributed by atoms with van der Waals surface area (Å²) in [5.74, 6) is -0.114. The minimum atomic E-state index is -1.19. The second-order valence-corrected chi connectivity index (χ2v) is 5.01. The lowest BCUT2D eigenvalue weighted by Gasteiger charge is -2.10. The molecular formula is C11H10ClFINO. The van der Waals surface area contributed by atoms with E-state index in [2.05, 4.69) is 5.32 Å². The van der Waals surface area contributed by atoms with E-state index in [9.17, 15) is 9.18 Å². The van der Waals surface area contributed by atoms with Gasteiger partial charge in [0.25, 0.3) is 0 Å². The predicted octanol–water partition coefficient (Wildman–Crippen LogP) is 3.67. The number of hydrogen-bond acceptors (Lipinski definition) is 1. The van der Waals surface area contributed by atoms with Crippen molar-refractivity contribution in [3.05, 3.63) is 28.8 Å². The van der Waals surface area contributed by atoms with Gasteiger partial charge in [-0.2, -0.15) is 0 Å². The molecule has 16 heavy (non-hydrogen) atoms. The number of rotatable bonds is 3. The summed E-state index contributed by atoms with van der Waals surface area (Å²) in [4.78, 5) is 11.2. The summed E-state index contributed by atoms with van der Waals surface area (Å²) in [6, 6.07) is 4.93. The summed E-state index contributed by atoms with van der Waals surface area (Å²) in [7, 11) is 0. The maximum Gasteiger partial charge on any atom is 0.234 e. The first kappa shape index (κ1) is 12.1. The Balaban J connectivity index is 2.20. The fraction of sp³-hybridized carbons (Fsp3) is 0.364. The highest BCUT2D eigenvalue weighted by molar-refractivity contribution is 14.1. The molecule has 0 radical (unpaired) electrons. The first-order valence-electron chi connectivity index (χ1n) is 4.90. The van der Waals surface area contributed by atoms with Gasteiger partial charge in [-0.25, -0.2) is 4.39 Å². The summed E-state index contributed by atoms with van der Waals surface area (Å²) < 4.78 is 14.1. The maximum absolute atomic E-state index is 13.7. The van der Waals surface area contributed by atoms with Crippen molar-refractivity contribution in [2.24, 2.45) is 0 Å². The zero-order valence-electron chi connectivity index (χ0n) is 8.40. The van der Waals surface area contributed by atoms with Crippen LogP contribution in [-0.2, 0) is 10.5 Å². The third-order valence-electron chi connectivity index (χ3n) is 2.57. The number of anilines is 1. The summed E-state index contributed by atoms with van der Waals surface area (Å²) in [5.41, 5.74) is -0.0450.